The topological polar surface area (TPSA) is 75.2 Å². The molecule has 1 saturated heterocycles. The number of pyridine rings is 1. The van der Waals surface area contributed by atoms with E-state index in [9.17, 15) is 0 Å². The van der Waals surface area contributed by atoms with Crippen LogP contribution in [0.4, 0.5) is 0 Å². The fourth-order valence-corrected chi connectivity index (χ4v) is 1.93. The summed E-state index contributed by atoms with van der Waals surface area (Å²) in [6.07, 6.45) is 4.41. The maximum Gasteiger partial charge on any atom is 0.127 e. The van der Waals surface area contributed by atoms with Gasteiger partial charge in [-0.15, -0.1) is 0 Å². The maximum atomic E-state index is 7.39. The van der Waals surface area contributed by atoms with Gasteiger partial charge >= 0.3 is 0 Å². The molecule has 17 heavy (non-hydrogen) atoms. The quantitative estimate of drug-likeness (QED) is 0.579. The van der Waals surface area contributed by atoms with Gasteiger partial charge in [0.2, 0.25) is 0 Å². The summed E-state index contributed by atoms with van der Waals surface area (Å²) >= 11 is 0. The Morgan fingerprint density at radius 1 is 1.65 bits per heavy atom. The second kappa shape index (κ2) is 5.75. The molecule has 2 rings (SSSR count). The first-order valence-electron chi connectivity index (χ1n) is 5.82. The van der Waals surface area contributed by atoms with Gasteiger partial charge in [0, 0.05) is 32.0 Å². The van der Waals surface area contributed by atoms with Crippen LogP contribution in [0.15, 0.2) is 24.5 Å². The Labute approximate surface area is 101 Å². The van der Waals surface area contributed by atoms with Crippen molar-refractivity contribution < 1.29 is 4.74 Å². The molecule has 1 aromatic heterocycles. The van der Waals surface area contributed by atoms with Crippen molar-refractivity contribution in [2.45, 2.75) is 12.5 Å². The lowest BCUT2D eigenvalue weighted by molar-refractivity contribution is 0.00616. The van der Waals surface area contributed by atoms with Crippen molar-refractivity contribution in [3.8, 4) is 0 Å². The molecule has 1 aromatic rings. The van der Waals surface area contributed by atoms with Crippen LogP contribution in [0.1, 0.15) is 5.56 Å². The largest absolute Gasteiger partial charge is 0.385 e. The van der Waals surface area contributed by atoms with E-state index in [1.54, 1.807) is 6.20 Å². The van der Waals surface area contributed by atoms with E-state index in [1.165, 1.54) is 5.56 Å². The van der Waals surface area contributed by atoms with Crippen LogP contribution in [0, 0.1) is 5.41 Å². The lowest BCUT2D eigenvalue weighted by Crippen LogP contribution is -2.48. The minimum Gasteiger partial charge on any atom is -0.385 e. The number of hydrogen-bond donors (Lipinski definition) is 2. The Morgan fingerprint density at radius 2 is 2.53 bits per heavy atom. The number of rotatable bonds is 4. The second-order valence-electron chi connectivity index (χ2n) is 4.23. The smallest absolute Gasteiger partial charge is 0.127 e. The molecule has 0 bridgehead atoms. The first-order valence-corrected chi connectivity index (χ1v) is 5.82. The third-order valence-corrected chi connectivity index (χ3v) is 2.94. The number of morpholine rings is 1. The van der Waals surface area contributed by atoms with Crippen LogP contribution in [0.5, 0.6) is 0 Å². The molecule has 0 aliphatic carbocycles. The monoisotopic (exact) mass is 234 g/mol. The van der Waals surface area contributed by atoms with Gasteiger partial charge in [-0.2, -0.15) is 0 Å². The van der Waals surface area contributed by atoms with Crippen molar-refractivity contribution in [1.29, 1.82) is 5.41 Å². The van der Waals surface area contributed by atoms with Crippen molar-refractivity contribution in [2.24, 2.45) is 5.73 Å². The second-order valence-corrected chi connectivity index (χ2v) is 4.23. The van der Waals surface area contributed by atoms with Crippen LogP contribution in [0.2, 0.25) is 0 Å². The highest BCUT2D eigenvalue weighted by molar-refractivity contribution is 5.82. The molecule has 1 atom stereocenters. The summed E-state index contributed by atoms with van der Waals surface area (Å²) in [5.41, 5.74) is 6.69. The fraction of sp³-hybridized carbons (Fsp3) is 0.500. The van der Waals surface area contributed by atoms with E-state index < -0.39 is 0 Å². The molecule has 1 fully saturated rings. The van der Waals surface area contributed by atoms with Crippen molar-refractivity contribution in [3.05, 3.63) is 30.1 Å². The number of aromatic nitrogens is 1. The van der Waals surface area contributed by atoms with Crippen LogP contribution in [0.3, 0.4) is 0 Å². The zero-order chi connectivity index (χ0) is 12.1. The molecule has 5 heteroatoms. The molecule has 92 valence electrons. The van der Waals surface area contributed by atoms with Gasteiger partial charge in [0.25, 0.3) is 0 Å². The third kappa shape index (κ3) is 3.51. The third-order valence-electron chi connectivity index (χ3n) is 2.94. The summed E-state index contributed by atoms with van der Waals surface area (Å²) in [5.74, 6) is 0.121. The molecule has 2 heterocycles. The lowest BCUT2D eigenvalue weighted by atomic mass is 10.2. The molecular weight excluding hydrogens is 216 g/mol. The maximum absolute atomic E-state index is 7.39. The zero-order valence-corrected chi connectivity index (χ0v) is 9.80. The number of nitrogens with zero attached hydrogens (tertiary/aromatic N) is 2. The van der Waals surface area contributed by atoms with E-state index in [4.69, 9.17) is 15.9 Å². The van der Waals surface area contributed by atoms with Crippen molar-refractivity contribution >= 4 is 5.84 Å². The molecule has 1 unspecified atom stereocenters. The SMILES string of the molecule is N=C(N)C1CN(CCc2cccnc2)CCO1. The lowest BCUT2D eigenvalue weighted by Gasteiger charge is -2.32. The average Bonchev–Trinajstić information content (AvgIpc) is 2.38. The van der Waals surface area contributed by atoms with Gasteiger partial charge in [-0.05, 0) is 18.1 Å². The van der Waals surface area contributed by atoms with E-state index in [0.29, 0.717) is 6.61 Å². The Balaban J connectivity index is 1.81. The van der Waals surface area contributed by atoms with E-state index in [1.807, 2.05) is 12.3 Å². The molecule has 0 aromatic carbocycles. The van der Waals surface area contributed by atoms with Crippen molar-refractivity contribution in [3.63, 3.8) is 0 Å². The molecule has 5 nitrogen and oxygen atoms in total. The van der Waals surface area contributed by atoms with Crippen LogP contribution in [0.25, 0.3) is 0 Å². The first-order chi connectivity index (χ1) is 8.25. The highest BCUT2D eigenvalue weighted by Gasteiger charge is 2.22. The van der Waals surface area contributed by atoms with Gasteiger partial charge in [-0.1, -0.05) is 6.07 Å². The molecule has 3 N–H and O–H groups in total. The summed E-state index contributed by atoms with van der Waals surface area (Å²) < 4.78 is 5.42. The van der Waals surface area contributed by atoms with Gasteiger partial charge in [-0.3, -0.25) is 15.3 Å². The van der Waals surface area contributed by atoms with Crippen molar-refractivity contribution in [1.82, 2.24) is 9.88 Å². The Bertz CT molecular complexity index is 368. The molecule has 0 radical (unpaired) electrons. The van der Waals surface area contributed by atoms with Crippen molar-refractivity contribution in [2.75, 3.05) is 26.2 Å². The molecule has 0 saturated carbocycles. The minimum atomic E-state index is -0.238. The van der Waals surface area contributed by atoms with Crippen LogP contribution in [-0.4, -0.2) is 48.1 Å². The van der Waals surface area contributed by atoms with Gasteiger partial charge in [-0.25, -0.2) is 0 Å². The molecule has 0 amide bonds. The number of ether oxygens (including phenoxy) is 1. The highest BCUT2D eigenvalue weighted by atomic mass is 16.5. The predicted molar refractivity (Wildman–Crippen MR) is 66.0 cm³/mol. The average molecular weight is 234 g/mol. The minimum absolute atomic E-state index is 0.121. The summed E-state index contributed by atoms with van der Waals surface area (Å²) in [6, 6.07) is 4.03. The van der Waals surface area contributed by atoms with E-state index in [0.717, 1.165) is 26.1 Å². The highest BCUT2D eigenvalue weighted by Crippen LogP contribution is 2.06. The number of nitrogens with two attached hydrogens (primary N) is 1. The summed E-state index contributed by atoms with van der Waals surface area (Å²) in [7, 11) is 0. The van der Waals surface area contributed by atoms with Gasteiger partial charge in [0.1, 0.15) is 11.9 Å². The normalized spacial score (nSPS) is 21.3. The molecule has 1 aliphatic rings. The first kappa shape index (κ1) is 12.0. The Morgan fingerprint density at radius 3 is 3.24 bits per heavy atom. The van der Waals surface area contributed by atoms with Gasteiger partial charge < -0.3 is 10.5 Å². The molecule has 1 aliphatic heterocycles. The fourth-order valence-electron chi connectivity index (χ4n) is 1.93. The van der Waals surface area contributed by atoms with E-state index in [2.05, 4.69) is 16.0 Å². The summed E-state index contributed by atoms with van der Waals surface area (Å²) in [5, 5.41) is 7.39. The van der Waals surface area contributed by atoms with Crippen LogP contribution < -0.4 is 5.73 Å². The number of amidine groups is 1. The van der Waals surface area contributed by atoms with Gasteiger partial charge in [0.15, 0.2) is 0 Å². The van der Waals surface area contributed by atoms with Crippen LogP contribution >= 0.6 is 0 Å². The predicted octanol–water partition coefficient (Wildman–Crippen LogP) is 0.261. The number of nitrogens with one attached hydrogen (secondary N) is 1. The summed E-state index contributed by atoms with van der Waals surface area (Å²) in [6.45, 7) is 3.23. The van der Waals surface area contributed by atoms with Crippen LogP contribution in [-0.2, 0) is 11.2 Å². The Kier molecular flexibility index (Phi) is 4.06. The zero-order valence-electron chi connectivity index (χ0n) is 9.80. The molecular formula is C12H18N4O. The summed E-state index contributed by atoms with van der Waals surface area (Å²) in [4.78, 5) is 6.37. The number of hydrogen-bond acceptors (Lipinski definition) is 4. The Hall–Kier alpha value is -1.46. The standard InChI is InChI=1S/C12H18N4O/c13-12(14)11-9-16(6-7-17-11)5-3-10-2-1-4-15-8-10/h1-2,4,8,11H,3,5-7,9H2,(H3,13,14). The van der Waals surface area contributed by atoms with E-state index in [-0.39, 0.29) is 11.9 Å². The van der Waals surface area contributed by atoms with Gasteiger partial charge in [0.05, 0.1) is 6.61 Å². The van der Waals surface area contributed by atoms with E-state index >= 15 is 0 Å². The molecule has 0 spiro atoms.